The number of thiophene rings is 1. The minimum Gasteiger partial charge on any atom is -0.309 e. The maximum absolute atomic E-state index is 2.44. The summed E-state index contributed by atoms with van der Waals surface area (Å²) in [6.07, 6.45) is 0. The highest BCUT2D eigenvalue weighted by Crippen LogP contribution is 2.49. The molecule has 0 bridgehead atoms. The van der Waals surface area contributed by atoms with E-state index < -0.39 is 0 Å². The Morgan fingerprint density at radius 3 is 1.62 bits per heavy atom. The van der Waals surface area contributed by atoms with Gasteiger partial charge in [0.25, 0.3) is 0 Å². The van der Waals surface area contributed by atoms with Crippen LogP contribution in [0.25, 0.3) is 85.5 Å². The number of rotatable bonds is 5. The van der Waals surface area contributed by atoms with Gasteiger partial charge in [0, 0.05) is 36.6 Å². The highest BCUT2D eigenvalue weighted by Gasteiger charge is 2.21. The molecule has 0 radical (unpaired) electrons. The summed E-state index contributed by atoms with van der Waals surface area (Å²) in [5, 5.41) is 12.7. The number of fused-ring (bicyclic) bond motifs is 7. The summed E-state index contributed by atoms with van der Waals surface area (Å²) >= 11 is 1.88. The molecule has 11 aromatic rings. The van der Waals surface area contributed by atoms with E-state index in [1.54, 1.807) is 0 Å². The summed E-state index contributed by atoms with van der Waals surface area (Å²) in [6.45, 7) is 2.20. The molecule has 0 fully saturated rings. The first-order chi connectivity index (χ1) is 27.2. The van der Waals surface area contributed by atoms with Crippen molar-refractivity contribution in [3.05, 3.63) is 200 Å². The highest BCUT2D eigenvalue weighted by atomic mass is 32.1. The van der Waals surface area contributed by atoms with E-state index in [9.17, 15) is 0 Å². The molecule has 0 amide bonds. The van der Waals surface area contributed by atoms with Crippen LogP contribution in [0, 0.1) is 6.92 Å². The molecule has 0 unspecified atom stereocenters. The molecule has 0 aliphatic carbocycles. The first kappa shape index (κ1) is 31.8. The average molecular weight is 718 g/mol. The van der Waals surface area contributed by atoms with Crippen LogP contribution in [-0.2, 0) is 0 Å². The maximum atomic E-state index is 2.44. The second kappa shape index (κ2) is 12.7. The molecule has 1 heterocycles. The van der Waals surface area contributed by atoms with Gasteiger partial charge >= 0.3 is 0 Å². The minimum atomic E-state index is 1.12. The predicted octanol–water partition coefficient (Wildman–Crippen LogP) is 15.8. The number of benzene rings is 10. The fourth-order valence-electron chi connectivity index (χ4n) is 8.93. The van der Waals surface area contributed by atoms with Gasteiger partial charge in [-0.15, -0.1) is 11.3 Å². The standard InChI is InChI=1S/C53H35NS/c1-34-28-33-48(40-18-5-4-16-38(34)40)54(47-25-12-15-35-14-2-3-17-39(35)47)37-31-29-36(30-32-37)51-41-19-6-8-21-43(41)52(44-22-9-7-20-42(44)51)46-24-13-27-50-53(46)45-23-10-11-26-49(45)55-50/h2-33H,1H3. The zero-order valence-electron chi connectivity index (χ0n) is 30.3. The van der Waals surface area contributed by atoms with Crippen molar-refractivity contribution in [2.75, 3.05) is 4.90 Å². The predicted molar refractivity (Wildman–Crippen MR) is 240 cm³/mol. The van der Waals surface area contributed by atoms with Crippen molar-refractivity contribution < 1.29 is 0 Å². The van der Waals surface area contributed by atoms with Crippen LogP contribution in [0.4, 0.5) is 17.1 Å². The van der Waals surface area contributed by atoms with Gasteiger partial charge in [0.2, 0.25) is 0 Å². The lowest BCUT2D eigenvalue weighted by molar-refractivity contribution is 1.31. The number of anilines is 3. The summed E-state index contributed by atoms with van der Waals surface area (Å²) in [5.74, 6) is 0. The Morgan fingerprint density at radius 2 is 0.891 bits per heavy atom. The molecule has 0 N–H and O–H groups in total. The normalized spacial score (nSPS) is 11.7. The van der Waals surface area contributed by atoms with Crippen molar-refractivity contribution in [2.45, 2.75) is 6.92 Å². The largest absolute Gasteiger partial charge is 0.309 e. The van der Waals surface area contributed by atoms with Gasteiger partial charge in [0.15, 0.2) is 0 Å². The van der Waals surface area contributed by atoms with Crippen LogP contribution < -0.4 is 4.90 Å². The smallest absolute Gasteiger partial charge is 0.0540 e. The Hall–Kier alpha value is -6.74. The van der Waals surface area contributed by atoms with Crippen LogP contribution in [0.5, 0.6) is 0 Å². The molecule has 0 atom stereocenters. The molecule has 1 nitrogen and oxygen atoms in total. The summed E-state index contributed by atoms with van der Waals surface area (Å²) in [4.78, 5) is 2.44. The van der Waals surface area contributed by atoms with Gasteiger partial charge in [-0.1, -0.05) is 158 Å². The number of aryl methyl sites for hydroxylation is 1. The van der Waals surface area contributed by atoms with Crippen molar-refractivity contribution in [2.24, 2.45) is 0 Å². The van der Waals surface area contributed by atoms with Crippen molar-refractivity contribution in [1.29, 1.82) is 0 Å². The molecule has 2 heteroatoms. The summed E-state index contributed by atoms with van der Waals surface area (Å²) < 4.78 is 2.65. The molecular formula is C53H35NS. The van der Waals surface area contributed by atoms with Crippen LogP contribution in [0.3, 0.4) is 0 Å². The van der Waals surface area contributed by atoms with Crippen molar-refractivity contribution in [1.82, 2.24) is 0 Å². The molecule has 0 saturated carbocycles. The SMILES string of the molecule is Cc1ccc(N(c2ccc(-c3c4ccccc4c(-c4cccc5sc6ccccc6c45)c4ccccc34)cc2)c2cccc3ccccc23)c2ccccc12. The van der Waals surface area contributed by atoms with E-state index in [0.29, 0.717) is 0 Å². The number of hydrogen-bond acceptors (Lipinski definition) is 2. The lowest BCUT2D eigenvalue weighted by Gasteiger charge is -2.29. The second-order valence-electron chi connectivity index (χ2n) is 14.4. The van der Waals surface area contributed by atoms with Gasteiger partial charge in [-0.2, -0.15) is 0 Å². The van der Waals surface area contributed by atoms with Gasteiger partial charge < -0.3 is 4.90 Å². The Bertz CT molecular complexity index is 3220. The number of hydrogen-bond donors (Lipinski definition) is 0. The molecule has 55 heavy (non-hydrogen) atoms. The van der Waals surface area contributed by atoms with Crippen LogP contribution in [-0.4, -0.2) is 0 Å². The zero-order valence-corrected chi connectivity index (χ0v) is 31.1. The first-order valence-corrected chi connectivity index (χ1v) is 19.8. The average Bonchev–Trinajstić information content (AvgIpc) is 3.63. The number of nitrogens with zero attached hydrogens (tertiary/aromatic N) is 1. The summed E-state index contributed by atoms with van der Waals surface area (Å²) in [6, 6.07) is 71.5. The van der Waals surface area contributed by atoms with E-state index in [0.717, 1.165) is 11.4 Å². The molecule has 11 rings (SSSR count). The molecule has 0 saturated heterocycles. The summed E-state index contributed by atoms with van der Waals surface area (Å²) in [7, 11) is 0. The van der Waals surface area contributed by atoms with Gasteiger partial charge in [0.1, 0.15) is 0 Å². The Labute approximate surface area is 324 Å². The van der Waals surface area contributed by atoms with E-state index in [-0.39, 0.29) is 0 Å². The van der Waals surface area contributed by atoms with Crippen molar-refractivity contribution in [3.63, 3.8) is 0 Å². The third kappa shape index (κ3) is 4.99. The topological polar surface area (TPSA) is 3.24 Å². The van der Waals surface area contributed by atoms with E-state index in [2.05, 4.69) is 206 Å². The fourth-order valence-corrected chi connectivity index (χ4v) is 10.1. The van der Waals surface area contributed by atoms with Crippen LogP contribution >= 0.6 is 11.3 Å². The quantitative estimate of drug-likeness (QED) is 0.160. The Morgan fingerprint density at radius 1 is 0.364 bits per heavy atom. The van der Waals surface area contributed by atoms with E-state index >= 15 is 0 Å². The van der Waals surface area contributed by atoms with Gasteiger partial charge in [-0.3, -0.25) is 0 Å². The van der Waals surface area contributed by atoms with Gasteiger partial charge in [0.05, 0.1) is 11.4 Å². The molecule has 1 aromatic heterocycles. The fraction of sp³-hybridized carbons (Fsp3) is 0.0189. The van der Waals surface area contributed by atoms with Crippen LogP contribution in [0.1, 0.15) is 5.56 Å². The molecular weight excluding hydrogens is 683 g/mol. The van der Waals surface area contributed by atoms with E-state index in [4.69, 9.17) is 0 Å². The van der Waals surface area contributed by atoms with Gasteiger partial charge in [-0.25, -0.2) is 0 Å². The zero-order chi connectivity index (χ0) is 36.5. The molecule has 258 valence electrons. The Kier molecular flexibility index (Phi) is 7.33. The summed E-state index contributed by atoms with van der Waals surface area (Å²) in [5.41, 5.74) is 9.79. The van der Waals surface area contributed by atoms with Crippen LogP contribution in [0.15, 0.2) is 194 Å². The minimum absolute atomic E-state index is 1.12. The second-order valence-corrected chi connectivity index (χ2v) is 15.5. The molecule has 0 aliphatic rings. The van der Waals surface area contributed by atoms with Crippen molar-refractivity contribution in [3.8, 4) is 22.3 Å². The lowest BCUT2D eigenvalue weighted by Crippen LogP contribution is -2.11. The third-order valence-electron chi connectivity index (χ3n) is 11.4. The first-order valence-electron chi connectivity index (χ1n) is 18.9. The molecule has 0 spiro atoms. The lowest BCUT2D eigenvalue weighted by atomic mass is 9.85. The Balaban J connectivity index is 1.14. The maximum Gasteiger partial charge on any atom is 0.0540 e. The monoisotopic (exact) mass is 717 g/mol. The van der Waals surface area contributed by atoms with E-state index in [1.165, 1.54) is 96.8 Å². The highest BCUT2D eigenvalue weighted by molar-refractivity contribution is 7.26. The molecule has 10 aromatic carbocycles. The van der Waals surface area contributed by atoms with Crippen molar-refractivity contribution >= 4 is 91.7 Å². The van der Waals surface area contributed by atoms with E-state index in [1.807, 2.05) is 11.3 Å². The van der Waals surface area contributed by atoms with Crippen LogP contribution in [0.2, 0.25) is 0 Å². The third-order valence-corrected chi connectivity index (χ3v) is 12.5. The molecule has 0 aliphatic heterocycles. The van der Waals surface area contributed by atoms with Gasteiger partial charge in [-0.05, 0) is 103 Å².